The van der Waals surface area contributed by atoms with E-state index in [1.54, 1.807) is 18.2 Å². The van der Waals surface area contributed by atoms with Gasteiger partial charge < -0.3 is 4.98 Å². The number of carbonyl (C=O) groups is 1. The Morgan fingerprint density at radius 2 is 1.68 bits per heavy atom. The van der Waals surface area contributed by atoms with Crippen molar-refractivity contribution in [2.75, 3.05) is 0 Å². The second kappa shape index (κ2) is 7.89. The van der Waals surface area contributed by atoms with Gasteiger partial charge in [-0.3, -0.25) is 4.79 Å². The van der Waals surface area contributed by atoms with Gasteiger partial charge in [0.2, 0.25) is 0 Å². The summed E-state index contributed by atoms with van der Waals surface area (Å²) in [5.74, 6) is -0.327. The number of carbonyl (C=O) groups excluding carboxylic acids is 1. The highest BCUT2D eigenvalue weighted by Gasteiger charge is 2.18. The van der Waals surface area contributed by atoms with E-state index in [0.29, 0.717) is 15.7 Å². The number of hydrazone groups is 1. The molecule has 0 saturated heterocycles. The Bertz CT molecular complexity index is 1180. The van der Waals surface area contributed by atoms with Crippen molar-refractivity contribution in [3.8, 4) is 11.1 Å². The van der Waals surface area contributed by atoms with Crippen LogP contribution in [-0.4, -0.2) is 17.1 Å². The normalized spacial score (nSPS) is 11.2. The predicted octanol–water partition coefficient (Wildman–Crippen LogP) is 5.91. The quantitative estimate of drug-likeness (QED) is 0.320. The Hall–Kier alpha value is -3.08. The van der Waals surface area contributed by atoms with Crippen LogP contribution in [0.5, 0.6) is 0 Å². The number of fused-ring (bicyclic) bond motifs is 1. The number of nitrogens with one attached hydrogen (secondary N) is 2. The number of hydrogen-bond donors (Lipinski definition) is 2. The maximum atomic E-state index is 12.8. The minimum Gasteiger partial charge on any atom is -0.350 e. The van der Waals surface area contributed by atoms with Gasteiger partial charge in [0, 0.05) is 16.5 Å². The van der Waals surface area contributed by atoms with Crippen LogP contribution >= 0.6 is 23.2 Å². The molecule has 1 heterocycles. The van der Waals surface area contributed by atoms with Crippen LogP contribution in [0.4, 0.5) is 0 Å². The van der Waals surface area contributed by atoms with Crippen molar-refractivity contribution in [1.29, 1.82) is 0 Å². The average molecular weight is 408 g/mol. The van der Waals surface area contributed by atoms with E-state index in [1.807, 2.05) is 54.6 Å². The van der Waals surface area contributed by atoms with Gasteiger partial charge in [-0.2, -0.15) is 5.10 Å². The van der Waals surface area contributed by atoms with Gasteiger partial charge in [-0.15, -0.1) is 0 Å². The average Bonchev–Trinajstić information content (AvgIpc) is 3.11. The number of aromatic nitrogens is 1. The summed E-state index contributed by atoms with van der Waals surface area (Å²) in [6, 6.07) is 22.7. The summed E-state index contributed by atoms with van der Waals surface area (Å²) in [5.41, 5.74) is 6.46. The molecular formula is C22H15Cl2N3O. The van der Waals surface area contributed by atoms with Gasteiger partial charge in [0.05, 0.1) is 16.3 Å². The molecule has 1 aromatic heterocycles. The second-order valence-electron chi connectivity index (χ2n) is 6.16. The van der Waals surface area contributed by atoms with E-state index in [2.05, 4.69) is 15.5 Å². The monoisotopic (exact) mass is 407 g/mol. The third-order valence-electron chi connectivity index (χ3n) is 4.32. The topological polar surface area (TPSA) is 57.2 Å². The molecule has 4 rings (SSSR count). The molecule has 28 heavy (non-hydrogen) atoms. The maximum Gasteiger partial charge on any atom is 0.288 e. The first-order valence-corrected chi connectivity index (χ1v) is 9.33. The number of halogens is 2. The zero-order valence-electron chi connectivity index (χ0n) is 14.6. The Morgan fingerprint density at radius 1 is 0.929 bits per heavy atom. The predicted molar refractivity (Wildman–Crippen MR) is 115 cm³/mol. The third kappa shape index (κ3) is 3.65. The fourth-order valence-electron chi connectivity index (χ4n) is 3.03. The largest absolute Gasteiger partial charge is 0.350 e. The highest BCUT2D eigenvalue weighted by molar-refractivity contribution is 6.42. The van der Waals surface area contributed by atoms with E-state index in [-0.39, 0.29) is 5.91 Å². The first kappa shape index (κ1) is 18.3. The van der Waals surface area contributed by atoms with Crippen LogP contribution in [-0.2, 0) is 0 Å². The molecule has 2 N–H and O–H groups in total. The fraction of sp³-hybridized carbons (Fsp3) is 0. The molecule has 0 fully saturated rings. The van der Waals surface area contributed by atoms with Gasteiger partial charge in [-0.05, 0) is 29.3 Å². The smallest absolute Gasteiger partial charge is 0.288 e. The second-order valence-corrected chi connectivity index (χ2v) is 6.97. The summed E-state index contributed by atoms with van der Waals surface area (Å²) in [6.07, 6.45) is 1.52. The van der Waals surface area contributed by atoms with Crippen molar-refractivity contribution in [3.05, 3.63) is 94.1 Å². The zero-order chi connectivity index (χ0) is 19.5. The van der Waals surface area contributed by atoms with Crippen molar-refractivity contribution in [1.82, 2.24) is 10.4 Å². The van der Waals surface area contributed by atoms with E-state index in [4.69, 9.17) is 23.2 Å². The first-order valence-electron chi connectivity index (χ1n) is 8.58. The standard InChI is InChI=1S/C22H15Cl2N3O/c23-17-11-10-14(12-18(17)24)13-25-27-22(28)21-20(15-6-2-1-3-7-15)16-8-4-5-9-19(16)26-21/h1-13,26H,(H,27,28)/b25-13+. The third-order valence-corrected chi connectivity index (χ3v) is 5.06. The summed E-state index contributed by atoms with van der Waals surface area (Å²) >= 11 is 11.9. The molecule has 0 atom stereocenters. The summed E-state index contributed by atoms with van der Waals surface area (Å²) in [5, 5.41) is 5.92. The molecule has 0 aliphatic carbocycles. The Morgan fingerprint density at radius 3 is 2.46 bits per heavy atom. The van der Waals surface area contributed by atoms with E-state index in [1.165, 1.54) is 6.21 Å². The van der Waals surface area contributed by atoms with E-state index < -0.39 is 0 Å². The van der Waals surface area contributed by atoms with Crippen LogP contribution in [0.15, 0.2) is 77.9 Å². The highest BCUT2D eigenvalue weighted by atomic mass is 35.5. The van der Waals surface area contributed by atoms with Crippen molar-refractivity contribution in [3.63, 3.8) is 0 Å². The molecule has 0 aliphatic heterocycles. The first-order chi connectivity index (χ1) is 13.6. The van der Waals surface area contributed by atoms with Crippen molar-refractivity contribution < 1.29 is 4.79 Å². The zero-order valence-corrected chi connectivity index (χ0v) is 16.1. The molecule has 138 valence electrons. The van der Waals surface area contributed by atoms with E-state index >= 15 is 0 Å². The van der Waals surface area contributed by atoms with Gasteiger partial charge in [-0.1, -0.05) is 77.8 Å². The van der Waals surface area contributed by atoms with Gasteiger partial charge >= 0.3 is 0 Å². The van der Waals surface area contributed by atoms with Crippen molar-refractivity contribution >= 4 is 46.2 Å². The van der Waals surface area contributed by atoms with Crippen LogP contribution < -0.4 is 5.43 Å². The molecular weight excluding hydrogens is 393 g/mol. The molecule has 0 spiro atoms. The van der Waals surface area contributed by atoms with Gasteiger partial charge in [0.25, 0.3) is 5.91 Å². The number of amides is 1. The van der Waals surface area contributed by atoms with Gasteiger partial charge in [0.1, 0.15) is 5.69 Å². The lowest BCUT2D eigenvalue weighted by Crippen LogP contribution is -2.18. The Labute approximate surface area is 171 Å². The number of nitrogens with zero attached hydrogens (tertiary/aromatic N) is 1. The minimum absolute atomic E-state index is 0.327. The molecule has 6 heteroatoms. The van der Waals surface area contributed by atoms with E-state index in [9.17, 15) is 4.79 Å². The van der Waals surface area contributed by atoms with Gasteiger partial charge in [0.15, 0.2) is 0 Å². The number of aromatic amines is 1. The number of benzene rings is 3. The Kier molecular flexibility index (Phi) is 5.15. The van der Waals surface area contributed by atoms with Crippen LogP contribution in [0.1, 0.15) is 16.1 Å². The Balaban J connectivity index is 1.66. The highest BCUT2D eigenvalue weighted by Crippen LogP contribution is 2.32. The summed E-state index contributed by atoms with van der Waals surface area (Å²) in [4.78, 5) is 16.0. The lowest BCUT2D eigenvalue weighted by Gasteiger charge is -2.04. The molecule has 4 aromatic rings. The van der Waals surface area contributed by atoms with Crippen LogP contribution in [0.2, 0.25) is 10.0 Å². The number of rotatable bonds is 4. The SMILES string of the molecule is O=C(N/N=C/c1ccc(Cl)c(Cl)c1)c1[nH]c2ccccc2c1-c1ccccc1. The summed E-state index contributed by atoms with van der Waals surface area (Å²) in [6.45, 7) is 0. The fourth-order valence-corrected chi connectivity index (χ4v) is 3.34. The van der Waals surface area contributed by atoms with Crippen LogP contribution in [0.3, 0.4) is 0 Å². The lowest BCUT2D eigenvalue weighted by molar-refractivity contribution is 0.0951. The molecule has 0 aliphatic rings. The molecule has 0 unspecified atom stereocenters. The summed E-state index contributed by atoms with van der Waals surface area (Å²) < 4.78 is 0. The van der Waals surface area contributed by atoms with E-state index in [0.717, 1.165) is 27.6 Å². The van der Waals surface area contributed by atoms with Crippen molar-refractivity contribution in [2.45, 2.75) is 0 Å². The molecule has 0 saturated carbocycles. The molecule has 4 nitrogen and oxygen atoms in total. The molecule has 0 bridgehead atoms. The lowest BCUT2D eigenvalue weighted by atomic mass is 10.0. The van der Waals surface area contributed by atoms with Crippen LogP contribution in [0.25, 0.3) is 22.0 Å². The minimum atomic E-state index is -0.327. The van der Waals surface area contributed by atoms with Crippen LogP contribution in [0, 0.1) is 0 Å². The molecule has 3 aromatic carbocycles. The molecule has 0 radical (unpaired) electrons. The number of hydrogen-bond acceptors (Lipinski definition) is 2. The maximum absolute atomic E-state index is 12.8. The van der Waals surface area contributed by atoms with Gasteiger partial charge in [-0.25, -0.2) is 5.43 Å². The number of H-pyrrole nitrogens is 1. The molecule has 1 amide bonds. The summed E-state index contributed by atoms with van der Waals surface area (Å²) in [7, 11) is 0. The number of para-hydroxylation sites is 1. The van der Waals surface area contributed by atoms with Crippen molar-refractivity contribution in [2.24, 2.45) is 5.10 Å².